The molecule has 0 atom stereocenters. The Labute approximate surface area is 109 Å². The minimum Gasteiger partial charge on any atom is -0.423 e. The Hall–Kier alpha value is -2.68. The highest BCUT2D eigenvalue weighted by Crippen LogP contribution is 2.26. The second-order valence-electron chi connectivity index (χ2n) is 4.51. The Morgan fingerprint density at radius 1 is 0.737 bits per heavy atom. The zero-order valence-electron chi connectivity index (χ0n) is 10.1. The van der Waals surface area contributed by atoms with Crippen LogP contribution in [0.4, 0.5) is 0 Å². The molecule has 1 aromatic heterocycles. The SMILES string of the molecule is c1ccc2cc3cc(-c4nnco4)ccc3cc2c1. The molecule has 1 heterocycles. The van der Waals surface area contributed by atoms with Gasteiger partial charge in [0.1, 0.15) is 0 Å². The summed E-state index contributed by atoms with van der Waals surface area (Å²) in [5.41, 5.74) is 0.945. The Morgan fingerprint density at radius 3 is 2.21 bits per heavy atom. The second kappa shape index (κ2) is 3.92. The van der Waals surface area contributed by atoms with Crippen molar-refractivity contribution in [3.63, 3.8) is 0 Å². The molecule has 3 aromatic carbocycles. The normalized spacial score (nSPS) is 11.2. The van der Waals surface area contributed by atoms with Crippen LogP contribution in [-0.4, -0.2) is 10.2 Å². The minimum absolute atomic E-state index is 0.551. The van der Waals surface area contributed by atoms with E-state index in [1.807, 2.05) is 6.07 Å². The Balaban J connectivity index is 2.00. The average Bonchev–Trinajstić information content (AvgIpc) is 2.98. The van der Waals surface area contributed by atoms with E-state index in [0.717, 1.165) is 5.56 Å². The van der Waals surface area contributed by atoms with Crippen molar-refractivity contribution in [1.82, 2.24) is 10.2 Å². The fourth-order valence-corrected chi connectivity index (χ4v) is 2.37. The standard InChI is InChI=1S/C16H10N2O/c1-2-4-12-8-15-9-14(16-18-17-10-19-16)6-5-13(15)7-11(12)3-1/h1-10H. The minimum atomic E-state index is 0.551. The summed E-state index contributed by atoms with van der Waals surface area (Å²) in [7, 11) is 0. The average molecular weight is 246 g/mol. The van der Waals surface area contributed by atoms with E-state index in [-0.39, 0.29) is 0 Å². The lowest BCUT2D eigenvalue weighted by molar-refractivity contribution is 0.569. The number of rotatable bonds is 1. The maximum Gasteiger partial charge on any atom is 0.247 e. The van der Waals surface area contributed by atoms with Gasteiger partial charge in [-0.25, -0.2) is 0 Å². The van der Waals surface area contributed by atoms with Gasteiger partial charge in [-0.3, -0.25) is 0 Å². The second-order valence-corrected chi connectivity index (χ2v) is 4.51. The van der Waals surface area contributed by atoms with Crippen molar-refractivity contribution in [3.8, 4) is 11.5 Å². The summed E-state index contributed by atoms with van der Waals surface area (Å²) in [5.74, 6) is 0.551. The maximum atomic E-state index is 5.23. The molecule has 3 heteroatoms. The van der Waals surface area contributed by atoms with Gasteiger partial charge in [0.15, 0.2) is 0 Å². The number of hydrogen-bond acceptors (Lipinski definition) is 3. The molecular weight excluding hydrogens is 236 g/mol. The lowest BCUT2D eigenvalue weighted by Gasteiger charge is -2.03. The predicted molar refractivity (Wildman–Crippen MR) is 74.7 cm³/mol. The third kappa shape index (κ3) is 1.67. The van der Waals surface area contributed by atoms with Gasteiger partial charge in [-0.15, -0.1) is 10.2 Å². The van der Waals surface area contributed by atoms with Crippen LogP contribution < -0.4 is 0 Å². The molecule has 4 aromatic rings. The molecule has 90 valence electrons. The number of aromatic nitrogens is 2. The van der Waals surface area contributed by atoms with E-state index in [0.29, 0.717) is 5.89 Å². The van der Waals surface area contributed by atoms with Gasteiger partial charge in [-0.05, 0) is 45.8 Å². The fourth-order valence-electron chi connectivity index (χ4n) is 2.37. The first-order valence-corrected chi connectivity index (χ1v) is 6.09. The number of benzene rings is 3. The van der Waals surface area contributed by atoms with Crippen LogP contribution in [0.2, 0.25) is 0 Å². The summed E-state index contributed by atoms with van der Waals surface area (Å²) >= 11 is 0. The summed E-state index contributed by atoms with van der Waals surface area (Å²) in [6, 6.07) is 18.9. The number of nitrogens with zero attached hydrogens (tertiary/aromatic N) is 2. The van der Waals surface area contributed by atoms with Gasteiger partial charge in [0.25, 0.3) is 0 Å². The van der Waals surface area contributed by atoms with Crippen LogP contribution in [0.5, 0.6) is 0 Å². The summed E-state index contributed by atoms with van der Waals surface area (Å²) in [4.78, 5) is 0. The summed E-state index contributed by atoms with van der Waals surface area (Å²) in [6.07, 6.45) is 1.35. The fraction of sp³-hybridized carbons (Fsp3) is 0. The van der Waals surface area contributed by atoms with E-state index >= 15 is 0 Å². The lowest BCUT2D eigenvalue weighted by Crippen LogP contribution is -1.80. The predicted octanol–water partition coefficient (Wildman–Crippen LogP) is 4.04. The molecule has 0 saturated heterocycles. The van der Waals surface area contributed by atoms with Crippen LogP contribution in [0.15, 0.2) is 65.4 Å². The third-order valence-corrected chi connectivity index (χ3v) is 3.31. The van der Waals surface area contributed by atoms with E-state index in [2.05, 4.69) is 58.7 Å². The largest absolute Gasteiger partial charge is 0.423 e. The van der Waals surface area contributed by atoms with Crippen LogP contribution in [0.3, 0.4) is 0 Å². The molecule has 0 aliphatic heterocycles. The van der Waals surface area contributed by atoms with E-state index in [4.69, 9.17) is 4.42 Å². The van der Waals surface area contributed by atoms with Crippen molar-refractivity contribution in [2.24, 2.45) is 0 Å². The topological polar surface area (TPSA) is 38.9 Å². The molecule has 0 radical (unpaired) electrons. The molecule has 3 nitrogen and oxygen atoms in total. The van der Waals surface area contributed by atoms with Gasteiger partial charge in [0.2, 0.25) is 12.3 Å². The van der Waals surface area contributed by atoms with Gasteiger partial charge in [0, 0.05) is 5.56 Å². The summed E-state index contributed by atoms with van der Waals surface area (Å²) in [6.45, 7) is 0. The lowest BCUT2D eigenvalue weighted by atomic mass is 10.0. The molecule has 0 N–H and O–H groups in total. The van der Waals surface area contributed by atoms with Gasteiger partial charge < -0.3 is 4.42 Å². The zero-order chi connectivity index (χ0) is 12.7. The molecule has 0 saturated carbocycles. The van der Waals surface area contributed by atoms with E-state index < -0.39 is 0 Å². The molecule has 0 amide bonds. The quantitative estimate of drug-likeness (QED) is 0.476. The molecular formula is C16H10N2O. The van der Waals surface area contributed by atoms with E-state index in [9.17, 15) is 0 Å². The molecule has 0 fully saturated rings. The Morgan fingerprint density at radius 2 is 1.47 bits per heavy atom. The summed E-state index contributed by atoms with van der Waals surface area (Å²) < 4.78 is 5.23. The molecule has 19 heavy (non-hydrogen) atoms. The van der Waals surface area contributed by atoms with Crippen molar-refractivity contribution in [2.75, 3.05) is 0 Å². The van der Waals surface area contributed by atoms with Crippen molar-refractivity contribution in [3.05, 3.63) is 61.0 Å². The highest BCUT2D eigenvalue weighted by Gasteiger charge is 2.05. The van der Waals surface area contributed by atoms with Gasteiger partial charge >= 0.3 is 0 Å². The molecule has 0 bridgehead atoms. The van der Waals surface area contributed by atoms with E-state index in [1.165, 1.54) is 27.9 Å². The van der Waals surface area contributed by atoms with Crippen molar-refractivity contribution < 1.29 is 4.42 Å². The number of fused-ring (bicyclic) bond motifs is 2. The zero-order valence-corrected chi connectivity index (χ0v) is 10.1. The van der Waals surface area contributed by atoms with Gasteiger partial charge in [-0.2, -0.15) is 0 Å². The molecule has 0 aliphatic carbocycles. The highest BCUT2D eigenvalue weighted by atomic mass is 16.4. The monoisotopic (exact) mass is 246 g/mol. The molecule has 0 spiro atoms. The first-order valence-electron chi connectivity index (χ1n) is 6.09. The maximum absolute atomic E-state index is 5.23. The molecule has 0 aliphatic rings. The van der Waals surface area contributed by atoms with Gasteiger partial charge in [-0.1, -0.05) is 30.3 Å². The third-order valence-electron chi connectivity index (χ3n) is 3.31. The molecule has 0 unspecified atom stereocenters. The van der Waals surface area contributed by atoms with Crippen molar-refractivity contribution in [1.29, 1.82) is 0 Å². The Kier molecular flexibility index (Phi) is 2.12. The van der Waals surface area contributed by atoms with Crippen LogP contribution in [0.25, 0.3) is 33.0 Å². The molecule has 4 rings (SSSR count). The summed E-state index contributed by atoms with van der Waals surface area (Å²) in [5, 5.41) is 12.5. The van der Waals surface area contributed by atoms with Crippen LogP contribution in [0, 0.1) is 0 Å². The van der Waals surface area contributed by atoms with E-state index in [1.54, 1.807) is 0 Å². The number of hydrogen-bond donors (Lipinski definition) is 0. The van der Waals surface area contributed by atoms with Crippen molar-refractivity contribution >= 4 is 21.5 Å². The van der Waals surface area contributed by atoms with Crippen LogP contribution >= 0.6 is 0 Å². The van der Waals surface area contributed by atoms with Crippen molar-refractivity contribution in [2.45, 2.75) is 0 Å². The highest BCUT2D eigenvalue weighted by molar-refractivity contribution is 5.99. The van der Waals surface area contributed by atoms with Crippen LogP contribution in [-0.2, 0) is 0 Å². The van der Waals surface area contributed by atoms with Gasteiger partial charge in [0.05, 0.1) is 0 Å². The first kappa shape index (κ1) is 10.3. The first-order chi connectivity index (χ1) is 9.40. The van der Waals surface area contributed by atoms with Crippen LogP contribution in [0.1, 0.15) is 0 Å². The Bertz CT molecular complexity index is 866. The smallest absolute Gasteiger partial charge is 0.247 e.